The molecule has 2 aromatic heterocycles. The van der Waals surface area contributed by atoms with Gasteiger partial charge in [-0.1, -0.05) is 64.1 Å². The Kier molecular flexibility index (Phi) is 11.2. The molecule has 2 amide bonds. The predicted molar refractivity (Wildman–Crippen MR) is 159 cm³/mol. The van der Waals surface area contributed by atoms with Crippen LogP contribution in [0, 0.1) is 11.8 Å². The molecule has 0 aliphatic heterocycles. The highest BCUT2D eigenvalue weighted by molar-refractivity contribution is 6.37. The quantitative estimate of drug-likeness (QED) is 0.190. The molecular formula is C32H40N4O4. The number of fused-ring (bicyclic) bond motifs is 2. The second-order valence-corrected chi connectivity index (χ2v) is 10.4. The molecule has 8 nitrogen and oxygen atoms in total. The van der Waals surface area contributed by atoms with Gasteiger partial charge in [-0.2, -0.15) is 0 Å². The van der Waals surface area contributed by atoms with Gasteiger partial charge in [0.15, 0.2) is 0 Å². The number of carbonyl (C=O) groups is 4. The fourth-order valence-corrected chi connectivity index (χ4v) is 4.36. The number of nitrogens with one attached hydrogen (secondary N) is 4. The Labute approximate surface area is 235 Å². The highest BCUT2D eigenvalue weighted by Crippen LogP contribution is 2.18. The molecule has 4 aromatic rings. The molecule has 0 aliphatic rings. The largest absolute Gasteiger partial charge is 0.361 e. The number of aromatic amines is 2. The fourth-order valence-electron chi connectivity index (χ4n) is 4.36. The van der Waals surface area contributed by atoms with Gasteiger partial charge in [-0.05, 0) is 48.4 Å². The van der Waals surface area contributed by atoms with Gasteiger partial charge >= 0.3 is 0 Å². The average Bonchev–Trinajstić information content (AvgIpc) is 3.56. The van der Waals surface area contributed by atoms with Crippen molar-refractivity contribution in [1.82, 2.24) is 20.6 Å². The Morgan fingerprint density at radius 2 is 1.20 bits per heavy atom. The summed E-state index contributed by atoms with van der Waals surface area (Å²) >= 11 is 0. The average molecular weight is 545 g/mol. The van der Waals surface area contributed by atoms with Crippen molar-refractivity contribution in [2.45, 2.75) is 53.4 Å². The first-order valence-electron chi connectivity index (χ1n) is 13.9. The molecule has 40 heavy (non-hydrogen) atoms. The molecule has 0 aliphatic carbocycles. The van der Waals surface area contributed by atoms with E-state index in [0.717, 1.165) is 32.9 Å². The van der Waals surface area contributed by atoms with Crippen LogP contribution in [0.5, 0.6) is 0 Å². The van der Waals surface area contributed by atoms with Crippen LogP contribution in [0.4, 0.5) is 0 Å². The standard InChI is InChI=1S/2C16H20N2O2/c1-11(2)9-15(19)16(20)17-8-7-12-10-18-14-6-4-3-5-13(12)14;1-3-11(2)15(19)16(20)17-9-8-12-10-18-14-7-5-4-6-13(12)14/h3-6,10-11,18H,7-9H2,1-2H3,(H,17,20);4-7,10-11,18H,3,8-9H2,1-2H3,(H,17,20). The molecule has 0 saturated carbocycles. The van der Waals surface area contributed by atoms with E-state index in [2.05, 4.69) is 20.6 Å². The summed E-state index contributed by atoms with van der Waals surface area (Å²) in [5, 5.41) is 7.71. The minimum atomic E-state index is -0.474. The molecule has 1 unspecified atom stereocenters. The third-order valence-electron chi connectivity index (χ3n) is 6.84. The monoisotopic (exact) mass is 544 g/mol. The SMILES string of the molecule is CC(C)CC(=O)C(=O)NCCc1c[nH]c2ccccc12.CCC(C)C(=O)C(=O)NCCc1c[nH]c2ccccc12. The van der Waals surface area contributed by atoms with Crippen LogP contribution in [-0.4, -0.2) is 46.4 Å². The summed E-state index contributed by atoms with van der Waals surface area (Å²) in [6.07, 6.45) is 6.32. The summed E-state index contributed by atoms with van der Waals surface area (Å²) in [6.45, 7) is 8.49. The molecule has 2 heterocycles. The number of Topliss-reactive ketones (excluding diaryl/α,β-unsaturated/α-hetero) is 2. The van der Waals surface area contributed by atoms with Gasteiger partial charge in [0.2, 0.25) is 11.6 Å². The smallest absolute Gasteiger partial charge is 0.287 e. The molecule has 0 bridgehead atoms. The summed E-state index contributed by atoms with van der Waals surface area (Å²) in [5.41, 5.74) is 4.48. The van der Waals surface area contributed by atoms with Crippen LogP contribution in [-0.2, 0) is 32.0 Å². The normalized spacial score (nSPS) is 11.6. The van der Waals surface area contributed by atoms with Gasteiger partial charge in [-0.15, -0.1) is 0 Å². The number of hydrogen-bond acceptors (Lipinski definition) is 4. The van der Waals surface area contributed by atoms with Crippen LogP contribution in [0.3, 0.4) is 0 Å². The Morgan fingerprint density at radius 1 is 0.725 bits per heavy atom. The number of amides is 2. The molecule has 0 saturated heterocycles. The Morgan fingerprint density at radius 3 is 1.68 bits per heavy atom. The zero-order chi connectivity index (χ0) is 29.1. The van der Waals surface area contributed by atoms with Crippen LogP contribution in [0.25, 0.3) is 21.8 Å². The molecule has 212 valence electrons. The van der Waals surface area contributed by atoms with E-state index in [0.29, 0.717) is 38.8 Å². The van der Waals surface area contributed by atoms with Crippen LogP contribution in [0.1, 0.15) is 51.7 Å². The van der Waals surface area contributed by atoms with E-state index in [-0.39, 0.29) is 23.4 Å². The fraction of sp³-hybridized carbons (Fsp3) is 0.375. The van der Waals surface area contributed by atoms with Crippen LogP contribution in [0.15, 0.2) is 60.9 Å². The zero-order valence-corrected chi connectivity index (χ0v) is 23.8. The predicted octanol–water partition coefficient (Wildman–Crippen LogP) is 4.88. The van der Waals surface area contributed by atoms with E-state index in [9.17, 15) is 19.2 Å². The first kappa shape index (κ1) is 30.3. The number of benzene rings is 2. The van der Waals surface area contributed by atoms with Gasteiger partial charge in [0.1, 0.15) is 0 Å². The molecule has 0 fully saturated rings. The van der Waals surface area contributed by atoms with E-state index in [1.54, 1.807) is 6.92 Å². The molecule has 2 aromatic carbocycles. The molecular weight excluding hydrogens is 504 g/mol. The maximum Gasteiger partial charge on any atom is 0.287 e. The molecule has 4 N–H and O–H groups in total. The molecule has 0 spiro atoms. The Hall–Kier alpha value is -4.20. The van der Waals surface area contributed by atoms with Crippen molar-refractivity contribution in [2.75, 3.05) is 13.1 Å². The second-order valence-electron chi connectivity index (χ2n) is 10.4. The zero-order valence-electron chi connectivity index (χ0n) is 23.8. The lowest BCUT2D eigenvalue weighted by atomic mass is 10.0. The summed E-state index contributed by atoms with van der Waals surface area (Å²) in [6, 6.07) is 16.1. The van der Waals surface area contributed by atoms with Crippen LogP contribution >= 0.6 is 0 Å². The maximum atomic E-state index is 11.7. The lowest BCUT2D eigenvalue weighted by Crippen LogP contribution is -2.35. The molecule has 0 radical (unpaired) electrons. The summed E-state index contributed by atoms with van der Waals surface area (Å²) in [7, 11) is 0. The van der Waals surface area contributed by atoms with Crippen molar-refractivity contribution in [1.29, 1.82) is 0 Å². The number of hydrogen-bond donors (Lipinski definition) is 4. The van der Waals surface area contributed by atoms with Gasteiger partial charge < -0.3 is 20.6 Å². The van der Waals surface area contributed by atoms with Crippen molar-refractivity contribution < 1.29 is 19.2 Å². The summed E-state index contributed by atoms with van der Waals surface area (Å²) in [5.74, 6) is -1.60. The van der Waals surface area contributed by atoms with Gasteiger partial charge in [0, 0.05) is 59.6 Å². The van der Waals surface area contributed by atoms with Crippen molar-refractivity contribution in [3.63, 3.8) is 0 Å². The Balaban J connectivity index is 0.000000220. The Bertz CT molecular complexity index is 1450. The lowest BCUT2D eigenvalue weighted by Gasteiger charge is -2.07. The van der Waals surface area contributed by atoms with E-state index < -0.39 is 11.8 Å². The van der Waals surface area contributed by atoms with Crippen molar-refractivity contribution in [2.24, 2.45) is 11.8 Å². The van der Waals surface area contributed by atoms with Crippen molar-refractivity contribution >= 4 is 45.2 Å². The van der Waals surface area contributed by atoms with Crippen molar-refractivity contribution in [3.05, 3.63) is 72.1 Å². The number of carbonyl (C=O) groups excluding carboxylic acids is 4. The van der Waals surface area contributed by atoms with E-state index >= 15 is 0 Å². The number of rotatable bonds is 12. The van der Waals surface area contributed by atoms with Crippen LogP contribution in [0.2, 0.25) is 0 Å². The van der Waals surface area contributed by atoms with E-state index in [1.807, 2.05) is 81.7 Å². The summed E-state index contributed by atoms with van der Waals surface area (Å²) < 4.78 is 0. The molecule has 1 atom stereocenters. The van der Waals surface area contributed by atoms with E-state index in [1.165, 1.54) is 0 Å². The minimum absolute atomic E-state index is 0.205. The second kappa shape index (κ2) is 14.8. The first-order chi connectivity index (χ1) is 19.2. The number of ketones is 2. The van der Waals surface area contributed by atoms with Gasteiger partial charge in [-0.25, -0.2) is 0 Å². The number of aromatic nitrogens is 2. The van der Waals surface area contributed by atoms with Crippen LogP contribution < -0.4 is 10.6 Å². The first-order valence-corrected chi connectivity index (χ1v) is 13.9. The van der Waals surface area contributed by atoms with Gasteiger partial charge in [0.05, 0.1) is 0 Å². The van der Waals surface area contributed by atoms with Gasteiger partial charge in [0.25, 0.3) is 11.8 Å². The third kappa shape index (κ3) is 8.40. The maximum absolute atomic E-state index is 11.7. The lowest BCUT2D eigenvalue weighted by molar-refractivity contribution is -0.140. The summed E-state index contributed by atoms with van der Waals surface area (Å²) in [4.78, 5) is 52.9. The molecule has 4 rings (SSSR count). The highest BCUT2D eigenvalue weighted by Gasteiger charge is 2.19. The number of H-pyrrole nitrogens is 2. The topological polar surface area (TPSA) is 124 Å². The van der Waals surface area contributed by atoms with E-state index in [4.69, 9.17) is 0 Å². The van der Waals surface area contributed by atoms with Gasteiger partial charge in [-0.3, -0.25) is 19.2 Å². The number of para-hydroxylation sites is 2. The minimum Gasteiger partial charge on any atom is -0.361 e. The highest BCUT2D eigenvalue weighted by atomic mass is 16.2. The van der Waals surface area contributed by atoms with Crippen molar-refractivity contribution in [3.8, 4) is 0 Å². The third-order valence-corrected chi connectivity index (χ3v) is 6.84. The molecule has 8 heteroatoms.